The summed E-state index contributed by atoms with van der Waals surface area (Å²) in [5, 5.41) is 13.1. The van der Waals surface area contributed by atoms with Gasteiger partial charge in [0.1, 0.15) is 0 Å². The maximum Gasteiger partial charge on any atom is 0.0897 e. The van der Waals surface area contributed by atoms with Gasteiger partial charge in [-0.05, 0) is 43.9 Å². The number of hydrogen-bond donors (Lipinski definition) is 2. The van der Waals surface area contributed by atoms with E-state index >= 15 is 0 Å². The van der Waals surface area contributed by atoms with Crippen molar-refractivity contribution < 1.29 is 9.84 Å². The summed E-state index contributed by atoms with van der Waals surface area (Å²) in [5.41, 5.74) is 1.20. The molecule has 0 aliphatic carbocycles. The quantitative estimate of drug-likeness (QED) is 0.644. The van der Waals surface area contributed by atoms with Gasteiger partial charge in [0, 0.05) is 18.9 Å². The van der Waals surface area contributed by atoms with Gasteiger partial charge in [0.25, 0.3) is 0 Å². The van der Waals surface area contributed by atoms with Crippen molar-refractivity contribution in [1.82, 2.24) is 10.3 Å². The van der Waals surface area contributed by atoms with Crippen molar-refractivity contribution in [2.75, 3.05) is 19.7 Å². The first-order valence-corrected chi connectivity index (χ1v) is 7.47. The third-order valence-corrected chi connectivity index (χ3v) is 3.07. The van der Waals surface area contributed by atoms with Crippen LogP contribution in [-0.4, -0.2) is 42.0 Å². The van der Waals surface area contributed by atoms with Crippen LogP contribution in [0.2, 0.25) is 0 Å². The molecule has 0 bridgehead atoms. The van der Waals surface area contributed by atoms with E-state index in [1.807, 2.05) is 12.3 Å². The lowest BCUT2D eigenvalue weighted by atomic mass is 10.1. The van der Waals surface area contributed by atoms with E-state index in [2.05, 4.69) is 37.1 Å². The normalized spacial score (nSPS) is 14.4. The molecule has 0 spiro atoms. The first kappa shape index (κ1) is 17.1. The van der Waals surface area contributed by atoms with Crippen molar-refractivity contribution in [1.29, 1.82) is 0 Å². The molecule has 1 rings (SSSR count). The fraction of sp³-hybridized carbons (Fsp3) is 0.688. The highest BCUT2D eigenvalue weighted by molar-refractivity contribution is 5.08. The molecule has 0 saturated heterocycles. The van der Waals surface area contributed by atoms with E-state index in [1.165, 1.54) is 5.56 Å². The van der Waals surface area contributed by atoms with Crippen LogP contribution in [0.25, 0.3) is 0 Å². The molecule has 1 heterocycles. The second-order valence-electron chi connectivity index (χ2n) is 5.74. The zero-order chi connectivity index (χ0) is 14.8. The first-order valence-electron chi connectivity index (χ1n) is 7.47. The van der Waals surface area contributed by atoms with Gasteiger partial charge in [0.05, 0.1) is 18.8 Å². The van der Waals surface area contributed by atoms with Gasteiger partial charge >= 0.3 is 0 Å². The lowest BCUT2D eigenvalue weighted by Crippen LogP contribution is -2.32. The summed E-state index contributed by atoms with van der Waals surface area (Å²) in [6, 6.07) is 4.00. The molecule has 2 atom stereocenters. The van der Waals surface area contributed by atoms with E-state index in [1.54, 1.807) is 6.20 Å². The van der Waals surface area contributed by atoms with Crippen LogP contribution < -0.4 is 5.32 Å². The largest absolute Gasteiger partial charge is 0.389 e. The molecule has 0 aliphatic heterocycles. The fourth-order valence-corrected chi connectivity index (χ4v) is 2.11. The van der Waals surface area contributed by atoms with Crippen molar-refractivity contribution in [3.8, 4) is 0 Å². The van der Waals surface area contributed by atoms with Gasteiger partial charge < -0.3 is 15.2 Å². The van der Waals surface area contributed by atoms with Gasteiger partial charge in [-0.1, -0.05) is 19.9 Å². The second-order valence-corrected chi connectivity index (χ2v) is 5.74. The SMILES string of the molecule is CC(C)CC(C)OCC(O)CNCCc1cccnc1. The van der Waals surface area contributed by atoms with E-state index in [0.29, 0.717) is 19.1 Å². The minimum Gasteiger partial charge on any atom is -0.389 e. The smallest absolute Gasteiger partial charge is 0.0897 e. The van der Waals surface area contributed by atoms with Crippen molar-refractivity contribution in [2.24, 2.45) is 5.92 Å². The Hall–Kier alpha value is -0.970. The number of nitrogens with zero attached hydrogens (tertiary/aromatic N) is 1. The monoisotopic (exact) mass is 280 g/mol. The second kappa shape index (κ2) is 9.86. The highest BCUT2D eigenvalue weighted by Crippen LogP contribution is 2.07. The summed E-state index contributed by atoms with van der Waals surface area (Å²) >= 11 is 0. The lowest BCUT2D eigenvalue weighted by molar-refractivity contribution is -0.00839. The lowest BCUT2D eigenvalue weighted by Gasteiger charge is -2.18. The van der Waals surface area contributed by atoms with Crippen LogP contribution in [0.4, 0.5) is 0 Å². The Kier molecular flexibility index (Phi) is 8.42. The summed E-state index contributed by atoms with van der Waals surface area (Å²) < 4.78 is 5.63. The highest BCUT2D eigenvalue weighted by atomic mass is 16.5. The van der Waals surface area contributed by atoms with Crippen LogP contribution in [0.5, 0.6) is 0 Å². The standard InChI is InChI=1S/C16H28N2O2/c1-13(2)9-14(3)20-12-16(19)11-18-8-6-15-5-4-7-17-10-15/h4-5,7,10,13-14,16,18-19H,6,8-9,11-12H2,1-3H3. The van der Waals surface area contributed by atoms with Crippen LogP contribution in [0.3, 0.4) is 0 Å². The van der Waals surface area contributed by atoms with Crippen molar-refractivity contribution >= 4 is 0 Å². The Bertz CT molecular complexity index is 344. The molecular formula is C16H28N2O2. The number of rotatable bonds is 10. The Morgan fingerprint density at radius 3 is 2.80 bits per heavy atom. The van der Waals surface area contributed by atoms with Gasteiger partial charge in [0.2, 0.25) is 0 Å². The van der Waals surface area contributed by atoms with E-state index in [9.17, 15) is 5.11 Å². The molecule has 4 nitrogen and oxygen atoms in total. The molecule has 2 N–H and O–H groups in total. The minimum absolute atomic E-state index is 0.208. The fourth-order valence-electron chi connectivity index (χ4n) is 2.11. The molecule has 1 aromatic heterocycles. The van der Waals surface area contributed by atoms with E-state index in [-0.39, 0.29) is 6.10 Å². The van der Waals surface area contributed by atoms with Gasteiger partial charge in [-0.15, -0.1) is 0 Å². The Morgan fingerprint density at radius 2 is 2.15 bits per heavy atom. The average molecular weight is 280 g/mol. The third-order valence-electron chi connectivity index (χ3n) is 3.07. The van der Waals surface area contributed by atoms with E-state index < -0.39 is 6.10 Å². The van der Waals surface area contributed by atoms with Gasteiger partial charge in [0.15, 0.2) is 0 Å². The molecule has 0 aromatic carbocycles. The van der Waals surface area contributed by atoms with Crippen LogP contribution in [0.15, 0.2) is 24.5 Å². The molecule has 4 heteroatoms. The highest BCUT2D eigenvalue weighted by Gasteiger charge is 2.09. The summed E-state index contributed by atoms with van der Waals surface area (Å²) in [6.07, 6.45) is 5.36. The maximum atomic E-state index is 9.83. The summed E-state index contributed by atoms with van der Waals surface area (Å²) in [5.74, 6) is 0.625. The van der Waals surface area contributed by atoms with Crippen LogP contribution in [0, 0.1) is 5.92 Å². The predicted octanol–water partition coefficient (Wildman–Crippen LogP) is 2.03. The van der Waals surface area contributed by atoms with Crippen LogP contribution in [0.1, 0.15) is 32.8 Å². The first-order chi connectivity index (χ1) is 9.58. The van der Waals surface area contributed by atoms with E-state index in [4.69, 9.17) is 4.74 Å². The number of aromatic nitrogens is 1. The molecule has 0 fully saturated rings. The number of aliphatic hydroxyl groups is 1. The molecule has 20 heavy (non-hydrogen) atoms. The topological polar surface area (TPSA) is 54.4 Å². The van der Waals surface area contributed by atoms with Crippen LogP contribution in [-0.2, 0) is 11.2 Å². The zero-order valence-corrected chi connectivity index (χ0v) is 12.9. The summed E-state index contributed by atoms with van der Waals surface area (Å²) in [4.78, 5) is 4.07. The number of pyridine rings is 1. The molecule has 0 aliphatic rings. The van der Waals surface area contributed by atoms with Crippen molar-refractivity contribution in [3.63, 3.8) is 0 Å². The number of nitrogens with one attached hydrogen (secondary N) is 1. The minimum atomic E-state index is -0.446. The molecule has 0 amide bonds. The van der Waals surface area contributed by atoms with Gasteiger partial charge in [-0.25, -0.2) is 0 Å². The number of hydrogen-bond acceptors (Lipinski definition) is 4. The molecular weight excluding hydrogens is 252 g/mol. The Labute approximate surface area is 122 Å². The molecule has 1 aromatic rings. The Balaban J connectivity index is 2.04. The molecule has 0 radical (unpaired) electrons. The van der Waals surface area contributed by atoms with Crippen molar-refractivity contribution in [2.45, 2.75) is 45.8 Å². The predicted molar refractivity (Wildman–Crippen MR) is 81.7 cm³/mol. The van der Waals surface area contributed by atoms with Crippen molar-refractivity contribution in [3.05, 3.63) is 30.1 Å². The number of ether oxygens (including phenoxy) is 1. The third kappa shape index (κ3) is 8.25. The molecule has 2 unspecified atom stereocenters. The summed E-state index contributed by atoms with van der Waals surface area (Å²) in [6.45, 7) is 8.21. The number of aliphatic hydroxyl groups excluding tert-OH is 1. The van der Waals surface area contributed by atoms with E-state index in [0.717, 1.165) is 19.4 Å². The molecule has 114 valence electrons. The Morgan fingerprint density at radius 1 is 1.35 bits per heavy atom. The van der Waals surface area contributed by atoms with Gasteiger partial charge in [-0.3, -0.25) is 4.98 Å². The molecule has 0 saturated carbocycles. The average Bonchev–Trinajstić information content (AvgIpc) is 2.42. The maximum absolute atomic E-state index is 9.83. The summed E-state index contributed by atoms with van der Waals surface area (Å²) in [7, 11) is 0. The van der Waals surface area contributed by atoms with Gasteiger partial charge in [-0.2, -0.15) is 0 Å². The zero-order valence-electron chi connectivity index (χ0n) is 12.9. The van der Waals surface area contributed by atoms with Crippen LogP contribution >= 0.6 is 0 Å².